The molecule has 2 heteroatoms. The Bertz CT molecular complexity index is 177. The summed E-state index contributed by atoms with van der Waals surface area (Å²) in [6.07, 6.45) is 10.5. The zero-order chi connectivity index (χ0) is 10.4. The minimum atomic E-state index is 0.376. The van der Waals surface area contributed by atoms with Gasteiger partial charge in [-0.2, -0.15) is 0 Å². The first kappa shape index (κ1) is 11.7. The summed E-state index contributed by atoms with van der Waals surface area (Å²) in [6, 6.07) is 0.376. The molecule has 1 aliphatic rings. The van der Waals surface area contributed by atoms with Gasteiger partial charge < -0.3 is 0 Å². The fourth-order valence-corrected chi connectivity index (χ4v) is 2.33. The summed E-state index contributed by atoms with van der Waals surface area (Å²) in [6.45, 7) is 4.25. The van der Waals surface area contributed by atoms with E-state index in [1.165, 1.54) is 44.1 Å². The van der Waals surface area contributed by atoms with Crippen LogP contribution in [0.1, 0.15) is 52.4 Å². The lowest BCUT2D eigenvalue weighted by Gasteiger charge is -2.15. The molecular formula is C12H24N2. The zero-order valence-corrected chi connectivity index (χ0v) is 9.55. The Morgan fingerprint density at radius 1 is 1.43 bits per heavy atom. The molecule has 0 aliphatic heterocycles. The third kappa shape index (κ3) is 4.25. The smallest absolute Gasteiger partial charge is 0.0392 e. The average Bonchev–Trinajstić information content (AvgIpc) is 2.64. The van der Waals surface area contributed by atoms with Crippen molar-refractivity contribution in [3.63, 3.8) is 0 Å². The monoisotopic (exact) mass is 196 g/mol. The van der Waals surface area contributed by atoms with Gasteiger partial charge in [0.2, 0.25) is 0 Å². The fourth-order valence-electron chi connectivity index (χ4n) is 2.33. The van der Waals surface area contributed by atoms with E-state index in [4.69, 9.17) is 5.84 Å². The molecule has 0 heterocycles. The van der Waals surface area contributed by atoms with Gasteiger partial charge >= 0.3 is 0 Å². The van der Waals surface area contributed by atoms with E-state index in [2.05, 4.69) is 25.3 Å². The van der Waals surface area contributed by atoms with Crippen LogP contribution in [0.4, 0.5) is 0 Å². The predicted molar refractivity (Wildman–Crippen MR) is 61.7 cm³/mol. The molecule has 1 unspecified atom stereocenters. The van der Waals surface area contributed by atoms with E-state index in [1.54, 1.807) is 0 Å². The van der Waals surface area contributed by atoms with Crippen molar-refractivity contribution in [1.82, 2.24) is 5.43 Å². The molecule has 82 valence electrons. The van der Waals surface area contributed by atoms with Crippen LogP contribution in [0.5, 0.6) is 0 Å². The quantitative estimate of drug-likeness (QED) is 0.403. The molecule has 0 radical (unpaired) electrons. The van der Waals surface area contributed by atoms with E-state index in [1.807, 2.05) is 0 Å². The summed E-state index contributed by atoms with van der Waals surface area (Å²) >= 11 is 0. The van der Waals surface area contributed by atoms with Crippen LogP contribution in [0.15, 0.2) is 11.6 Å². The number of nitrogens with two attached hydrogens (primary N) is 1. The molecule has 0 bridgehead atoms. The minimum Gasteiger partial charge on any atom is -0.271 e. The number of rotatable bonds is 5. The van der Waals surface area contributed by atoms with Crippen LogP contribution in [0.25, 0.3) is 0 Å². The molecule has 0 aromatic carbocycles. The highest BCUT2D eigenvalue weighted by Gasteiger charge is 2.15. The molecule has 1 saturated carbocycles. The van der Waals surface area contributed by atoms with Gasteiger partial charge in [0.05, 0.1) is 0 Å². The molecule has 0 saturated heterocycles. The molecule has 1 atom stereocenters. The first-order valence-corrected chi connectivity index (χ1v) is 5.83. The van der Waals surface area contributed by atoms with Crippen LogP contribution in [0.3, 0.4) is 0 Å². The molecule has 1 aliphatic carbocycles. The summed E-state index contributed by atoms with van der Waals surface area (Å²) in [5.41, 5.74) is 4.23. The Hall–Kier alpha value is -0.340. The highest BCUT2D eigenvalue weighted by Crippen LogP contribution is 2.29. The summed E-state index contributed by atoms with van der Waals surface area (Å²) < 4.78 is 0. The summed E-state index contributed by atoms with van der Waals surface area (Å²) in [7, 11) is 0. The molecular weight excluding hydrogens is 172 g/mol. The van der Waals surface area contributed by atoms with Gasteiger partial charge in [0.1, 0.15) is 0 Å². The second kappa shape index (κ2) is 6.20. The standard InChI is InChI=1S/C12H24N2/c1-10(2)9-12(14-13)8-7-11-5-3-4-6-11/h9,11-12,14H,3-8,13H2,1-2H3. The van der Waals surface area contributed by atoms with Crippen LogP contribution in [-0.2, 0) is 0 Å². The Balaban J connectivity index is 2.22. The zero-order valence-electron chi connectivity index (χ0n) is 9.55. The van der Waals surface area contributed by atoms with Crippen molar-refractivity contribution in [2.24, 2.45) is 11.8 Å². The van der Waals surface area contributed by atoms with Gasteiger partial charge in [-0.15, -0.1) is 0 Å². The van der Waals surface area contributed by atoms with Gasteiger partial charge in [0.25, 0.3) is 0 Å². The maximum absolute atomic E-state index is 5.51. The van der Waals surface area contributed by atoms with Crippen LogP contribution < -0.4 is 11.3 Å². The average molecular weight is 196 g/mol. The van der Waals surface area contributed by atoms with E-state index >= 15 is 0 Å². The van der Waals surface area contributed by atoms with E-state index in [0.29, 0.717) is 6.04 Å². The van der Waals surface area contributed by atoms with Gasteiger partial charge in [-0.1, -0.05) is 37.3 Å². The lowest BCUT2D eigenvalue weighted by atomic mass is 9.98. The number of allylic oxidation sites excluding steroid dienone is 1. The van der Waals surface area contributed by atoms with E-state index in [0.717, 1.165) is 5.92 Å². The Labute approximate surface area is 87.9 Å². The van der Waals surface area contributed by atoms with Gasteiger partial charge in [0, 0.05) is 6.04 Å². The SMILES string of the molecule is CC(C)=CC(CCC1CCCC1)NN. The Morgan fingerprint density at radius 3 is 2.57 bits per heavy atom. The number of hydrogen-bond donors (Lipinski definition) is 2. The molecule has 0 aromatic heterocycles. The van der Waals surface area contributed by atoms with Crippen molar-refractivity contribution in [3.8, 4) is 0 Å². The van der Waals surface area contributed by atoms with Crippen molar-refractivity contribution in [1.29, 1.82) is 0 Å². The lowest BCUT2D eigenvalue weighted by Crippen LogP contribution is -2.34. The third-order valence-corrected chi connectivity index (χ3v) is 3.11. The molecule has 3 N–H and O–H groups in total. The third-order valence-electron chi connectivity index (χ3n) is 3.11. The highest BCUT2D eigenvalue weighted by atomic mass is 15.2. The highest BCUT2D eigenvalue weighted by molar-refractivity contribution is 5.00. The second-order valence-electron chi connectivity index (χ2n) is 4.75. The predicted octanol–water partition coefficient (Wildman–Crippen LogP) is 2.75. The van der Waals surface area contributed by atoms with Crippen molar-refractivity contribution < 1.29 is 0 Å². The van der Waals surface area contributed by atoms with Crippen molar-refractivity contribution in [2.45, 2.75) is 58.4 Å². The van der Waals surface area contributed by atoms with Crippen LogP contribution in [0.2, 0.25) is 0 Å². The first-order valence-electron chi connectivity index (χ1n) is 5.83. The molecule has 14 heavy (non-hydrogen) atoms. The van der Waals surface area contributed by atoms with E-state index in [-0.39, 0.29) is 0 Å². The largest absolute Gasteiger partial charge is 0.271 e. The topological polar surface area (TPSA) is 38.0 Å². The Kier molecular flexibility index (Phi) is 5.20. The van der Waals surface area contributed by atoms with Crippen molar-refractivity contribution in [3.05, 3.63) is 11.6 Å². The maximum Gasteiger partial charge on any atom is 0.0392 e. The molecule has 1 rings (SSSR count). The number of hydrazine groups is 1. The summed E-state index contributed by atoms with van der Waals surface area (Å²) in [5.74, 6) is 6.48. The van der Waals surface area contributed by atoms with E-state index < -0.39 is 0 Å². The first-order chi connectivity index (χ1) is 6.72. The van der Waals surface area contributed by atoms with Crippen LogP contribution in [-0.4, -0.2) is 6.04 Å². The van der Waals surface area contributed by atoms with E-state index in [9.17, 15) is 0 Å². The fraction of sp³-hybridized carbons (Fsp3) is 0.833. The van der Waals surface area contributed by atoms with Gasteiger partial charge in [-0.3, -0.25) is 11.3 Å². The van der Waals surface area contributed by atoms with Gasteiger partial charge in [-0.05, 0) is 32.6 Å². The molecule has 2 nitrogen and oxygen atoms in total. The van der Waals surface area contributed by atoms with Gasteiger partial charge in [0.15, 0.2) is 0 Å². The second-order valence-corrected chi connectivity index (χ2v) is 4.75. The summed E-state index contributed by atoms with van der Waals surface area (Å²) in [5, 5.41) is 0. The number of nitrogens with one attached hydrogen (secondary N) is 1. The Morgan fingerprint density at radius 2 is 2.07 bits per heavy atom. The minimum absolute atomic E-state index is 0.376. The molecule has 0 spiro atoms. The molecule has 0 aromatic rings. The number of hydrogen-bond acceptors (Lipinski definition) is 2. The van der Waals surface area contributed by atoms with Crippen LogP contribution in [0, 0.1) is 5.92 Å². The van der Waals surface area contributed by atoms with Crippen molar-refractivity contribution >= 4 is 0 Å². The molecule has 1 fully saturated rings. The lowest BCUT2D eigenvalue weighted by molar-refractivity contribution is 0.442. The van der Waals surface area contributed by atoms with Gasteiger partial charge in [-0.25, -0.2) is 0 Å². The maximum atomic E-state index is 5.51. The summed E-state index contributed by atoms with van der Waals surface area (Å²) in [4.78, 5) is 0. The van der Waals surface area contributed by atoms with Crippen LogP contribution >= 0.6 is 0 Å². The molecule has 0 amide bonds. The van der Waals surface area contributed by atoms with Crippen molar-refractivity contribution in [2.75, 3.05) is 0 Å². The normalized spacial score (nSPS) is 19.6.